The van der Waals surface area contributed by atoms with Crippen molar-refractivity contribution in [1.82, 2.24) is 26.5 Å². The molecule has 8 heteroatoms. The van der Waals surface area contributed by atoms with E-state index in [0.717, 1.165) is 32.0 Å². The van der Waals surface area contributed by atoms with Crippen LogP contribution in [0.3, 0.4) is 0 Å². The molecule has 0 aromatic heterocycles. The van der Waals surface area contributed by atoms with Crippen molar-refractivity contribution in [3.05, 3.63) is 0 Å². The first-order chi connectivity index (χ1) is 13.2. The zero-order chi connectivity index (χ0) is 18.6. The summed E-state index contributed by atoms with van der Waals surface area (Å²) in [7, 11) is 0. The normalized spacial score (nSPS) is 38.9. The molecule has 4 fully saturated rings. The van der Waals surface area contributed by atoms with E-state index in [4.69, 9.17) is 4.84 Å². The molecule has 27 heavy (non-hydrogen) atoms. The number of alkyl halides is 1. The Bertz CT molecular complexity index is 496. The lowest BCUT2D eigenvalue weighted by atomic mass is 9.89. The first-order valence-corrected chi connectivity index (χ1v) is 10.7. The van der Waals surface area contributed by atoms with Gasteiger partial charge in [0.15, 0.2) is 0 Å². The average Bonchev–Trinajstić information content (AvgIpc) is 3.33. The smallest absolute Gasteiger partial charge is 0.239 e. The molecule has 4 N–H and O–H groups in total. The molecule has 0 bridgehead atoms. The van der Waals surface area contributed by atoms with E-state index in [1.54, 1.807) is 0 Å². The molecule has 154 valence electrons. The van der Waals surface area contributed by atoms with Gasteiger partial charge in [0.25, 0.3) is 0 Å². The van der Waals surface area contributed by atoms with Gasteiger partial charge in [-0.25, -0.2) is 9.40 Å². The van der Waals surface area contributed by atoms with Crippen molar-refractivity contribution in [2.24, 2.45) is 5.92 Å². The molecule has 3 aliphatic heterocycles. The topological polar surface area (TPSA) is 77.7 Å². The van der Waals surface area contributed by atoms with Crippen LogP contribution in [0.25, 0.3) is 0 Å². The number of hydroxylamine groups is 1. The Kier molecular flexibility index (Phi) is 6.60. The molecule has 0 spiro atoms. The maximum absolute atomic E-state index is 13.3. The van der Waals surface area contributed by atoms with E-state index in [2.05, 4.69) is 26.5 Å². The molecule has 4 aliphatic rings. The summed E-state index contributed by atoms with van der Waals surface area (Å²) in [5.74, 6) is 0.793. The lowest BCUT2D eigenvalue weighted by Gasteiger charge is -2.29. The van der Waals surface area contributed by atoms with Crippen molar-refractivity contribution >= 4 is 5.91 Å². The number of hydrogen-bond acceptors (Lipinski definition) is 6. The molecule has 3 heterocycles. The van der Waals surface area contributed by atoms with Gasteiger partial charge in [-0.1, -0.05) is 19.3 Å². The molecule has 0 radical (unpaired) electrons. The van der Waals surface area contributed by atoms with E-state index in [0.29, 0.717) is 19.4 Å². The molecule has 0 aromatic rings. The second kappa shape index (κ2) is 9.13. The largest absolute Gasteiger partial charge is 0.349 e. The summed E-state index contributed by atoms with van der Waals surface area (Å²) in [4.78, 5) is 18.2. The van der Waals surface area contributed by atoms with Crippen LogP contribution in [0.15, 0.2) is 0 Å². The summed E-state index contributed by atoms with van der Waals surface area (Å²) in [5, 5.41) is 8.63. The standard InChI is InChI=1S/C19H34FN5O2/c20-14-6-7-16(21-9-14)18-8-17(24-27-18)19(26)23-15-10-22-25(12-15)11-13-4-2-1-3-5-13/h13-18,21-22,24H,1-12H2,(H,23,26). The highest BCUT2D eigenvalue weighted by molar-refractivity contribution is 5.82. The highest BCUT2D eigenvalue weighted by Crippen LogP contribution is 2.25. The van der Waals surface area contributed by atoms with Crippen molar-refractivity contribution in [3.8, 4) is 0 Å². The number of carbonyl (C=O) groups excluding carboxylic acids is 1. The number of rotatable bonds is 5. The number of nitrogens with zero attached hydrogens (tertiary/aromatic N) is 1. The Morgan fingerprint density at radius 2 is 2.00 bits per heavy atom. The Morgan fingerprint density at radius 3 is 2.78 bits per heavy atom. The molecule has 5 atom stereocenters. The van der Waals surface area contributed by atoms with Gasteiger partial charge in [-0.05, 0) is 31.6 Å². The molecule has 0 aromatic carbocycles. The van der Waals surface area contributed by atoms with Gasteiger partial charge in [-0.2, -0.15) is 5.48 Å². The Morgan fingerprint density at radius 1 is 1.15 bits per heavy atom. The van der Waals surface area contributed by atoms with Crippen LogP contribution >= 0.6 is 0 Å². The molecule has 1 amide bonds. The number of nitrogens with one attached hydrogen (secondary N) is 4. The van der Waals surface area contributed by atoms with Crippen LogP contribution in [0.5, 0.6) is 0 Å². The van der Waals surface area contributed by atoms with Crippen molar-refractivity contribution in [1.29, 1.82) is 0 Å². The minimum Gasteiger partial charge on any atom is -0.349 e. The van der Waals surface area contributed by atoms with Crippen LogP contribution in [0, 0.1) is 5.92 Å². The SMILES string of the molecule is O=C(NC1CNN(CC2CCCCC2)C1)C1CC(C2CCC(F)CN2)ON1. The molecule has 1 saturated carbocycles. The molecule has 4 rings (SSSR count). The summed E-state index contributed by atoms with van der Waals surface area (Å²) in [6.07, 6.45) is 7.88. The van der Waals surface area contributed by atoms with Gasteiger partial charge < -0.3 is 10.6 Å². The highest BCUT2D eigenvalue weighted by Gasteiger charge is 2.38. The second-order valence-corrected chi connectivity index (χ2v) is 8.73. The molecular weight excluding hydrogens is 349 g/mol. The second-order valence-electron chi connectivity index (χ2n) is 8.73. The predicted octanol–water partition coefficient (Wildman–Crippen LogP) is 0.624. The van der Waals surface area contributed by atoms with Crippen molar-refractivity contribution in [2.45, 2.75) is 81.8 Å². The minimum atomic E-state index is -0.763. The van der Waals surface area contributed by atoms with E-state index in [1.807, 2.05) is 0 Å². The van der Waals surface area contributed by atoms with E-state index < -0.39 is 6.17 Å². The first-order valence-electron chi connectivity index (χ1n) is 10.7. The van der Waals surface area contributed by atoms with Crippen molar-refractivity contribution in [2.75, 3.05) is 26.2 Å². The summed E-state index contributed by atoms with van der Waals surface area (Å²) in [6.45, 7) is 3.12. The Balaban J connectivity index is 1.17. The Hall–Kier alpha value is -0.800. The number of piperidine rings is 1. The quantitative estimate of drug-likeness (QED) is 0.558. The van der Waals surface area contributed by atoms with Gasteiger partial charge in [0, 0.05) is 38.6 Å². The maximum Gasteiger partial charge on any atom is 0.239 e. The first kappa shape index (κ1) is 19.5. The summed E-state index contributed by atoms with van der Waals surface area (Å²) >= 11 is 0. The Labute approximate surface area is 161 Å². The third kappa shape index (κ3) is 5.17. The van der Waals surface area contributed by atoms with Gasteiger partial charge in [-0.15, -0.1) is 0 Å². The summed E-state index contributed by atoms with van der Waals surface area (Å²) in [5.41, 5.74) is 6.32. The van der Waals surface area contributed by atoms with Gasteiger partial charge in [0.05, 0.1) is 12.1 Å². The minimum absolute atomic E-state index is 0.00277. The maximum atomic E-state index is 13.3. The zero-order valence-corrected chi connectivity index (χ0v) is 16.1. The number of carbonyl (C=O) groups is 1. The van der Waals surface area contributed by atoms with E-state index in [9.17, 15) is 9.18 Å². The van der Waals surface area contributed by atoms with Gasteiger partial charge >= 0.3 is 0 Å². The van der Waals surface area contributed by atoms with Gasteiger partial charge in [-0.3, -0.25) is 15.1 Å². The molecule has 5 unspecified atom stereocenters. The summed E-state index contributed by atoms with van der Waals surface area (Å²) < 4.78 is 13.3. The van der Waals surface area contributed by atoms with Gasteiger partial charge in [0.2, 0.25) is 5.91 Å². The summed E-state index contributed by atoms with van der Waals surface area (Å²) in [6, 6.07) is -0.0595. The molecule has 1 aliphatic carbocycles. The van der Waals surface area contributed by atoms with E-state index >= 15 is 0 Å². The monoisotopic (exact) mass is 383 g/mol. The van der Waals surface area contributed by atoms with Gasteiger partial charge in [0.1, 0.15) is 12.2 Å². The zero-order valence-electron chi connectivity index (χ0n) is 16.1. The number of halogens is 1. The van der Waals surface area contributed by atoms with Crippen molar-refractivity contribution < 1.29 is 14.0 Å². The van der Waals surface area contributed by atoms with Crippen LogP contribution < -0.4 is 21.5 Å². The number of hydrogen-bond donors (Lipinski definition) is 4. The number of hydrazine groups is 1. The predicted molar refractivity (Wildman–Crippen MR) is 100 cm³/mol. The van der Waals surface area contributed by atoms with Crippen LogP contribution in [0.4, 0.5) is 4.39 Å². The third-order valence-electron chi connectivity index (χ3n) is 6.54. The molecular formula is C19H34FN5O2. The fourth-order valence-electron chi connectivity index (χ4n) is 4.92. The van der Waals surface area contributed by atoms with Crippen LogP contribution in [-0.4, -0.2) is 67.5 Å². The van der Waals surface area contributed by atoms with E-state index in [-0.39, 0.29) is 30.1 Å². The highest BCUT2D eigenvalue weighted by atomic mass is 19.1. The van der Waals surface area contributed by atoms with Crippen LogP contribution in [-0.2, 0) is 9.63 Å². The molecule has 7 nitrogen and oxygen atoms in total. The number of amides is 1. The fraction of sp³-hybridized carbons (Fsp3) is 0.947. The third-order valence-corrected chi connectivity index (χ3v) is 6.54. The lowest BCUT2D eigenvalue weighted by Crippen LogP contribution is -2.48. The average molecular weight is 384 g/mol. The fourth-order valence-corrected chi connectivity index (χ4v) is 4.92. The van der Waals surface area contributed by atoms with Crippen LogP contribution in [0.1, 0.15) is 51.4 Å². The van der Waals surface area contributed by atoms with Crippen molar-refractivity contribution in [3.63, 3.8) is 0 Å². The lowest BCUT2D eigenvalue weighted by molar-refractivity contribution is -0.125. The molecule has 3 saturated heterocycles. The van der Waals surface area contributed by atoms with Crippen LogP contribution in [0.2, 0.25) is 0 Å². The van der Waals surface area contributed by atoms with E-state index in [1.165, 1.54) is 32.1 Å².